The molecule has 0 fully saturated rings. The van der Waals surface area contributed by atoms with Crippen molar-refractivity contribution in [2.24, 2.45) is 20.5 Å². The Bertz CT molecular complexity index is 2710. The summed E-state index contributed by atoms with van der Waals surface area (Å²) in [6, 6.07) is 4.80. The van der Waals surface area contributed by atoms with Crippen molar-refractivity contribution in [2.75, 3.05) is 5.73 Å². The molecule has 0 aliphatic carbocycles. The topological polar surface area (TPSA) is 388 Å². The molecule has 0 atom stereocenters. The Morgan fingerprint density at radius 3 is 1.35 bits per heavy atom. The number of benzene rings is 4. The van der Waals surface area contributed by atoms with Crippen molar-refractivity contribution >= 4 is 89.8 Å². The van der Waals surface area contributed by atoms with E-state index in [1.807, 2.05) is 0 Å². The van der Waals surface area contributed by atoms with E-state index in [0.717, 1.165) is 18.2 Å². The van der Waals surface area contributed by atoms with Gasteiger partial charge in [0, 0.05) is 5.69 Å². The molecule has 4 aromatic carbocycles. The quantitative estimate of drug-likeness (QED) is 0.0687. The van der Waals surface area contributed by atoms with Crippen LogP contribution in [0, 0.1) is 0 Å². The van der Waals surface area contributed by atoms with E-state index in [0.29, 0.717) is 30.3 Å². The lowest BCUT2D eigenvalue weighted by atomic mass is 10.1. The van der Waals surface area contributed by atoms with E-state index in [9.17, 15) is 75.1 Å². The normalized spacial score (nSPS) is 13.5. The van der Waals surface area contributed by atoms with E-state index in [1.54, 1.807) is 0 Å². The molecule has 0 saturated heterocycles. The predicted octanol–water partition coefficient (Wildman–Crippen LogP) is 2.90. The smallest absolute Gasteiger partial charge is 0.296 e. The average Bonchev–Trinajstić information content (AvgIpc) is 2.93. The summed E-state index contributed by atoms with van der Waals surface area (Å²) >= 11 is 0. The number of rotatable bonds is 9. The standard InChI is InChI=1S/C22H17N5O17S5/c23-10-1-3-12(15(7-10)47(36,37)38)24-26-19-16(48(39,40)41)5-9-6-17(49(42,43)44)20(22(29)18(9)21(19)28)27-25-13-8-11(45(30,31)32)2-4-14(13)46(33,34)35/h1-8,28-29H,23H2,(H,30,31,32)(H,33,34,35)(H,36,37,38)(H,39,40,41)(H,42,43,44)/b26-24+,27-25+. The Kier molecular flexibility index (Phi) is 9.33. The SMILES string of the molecule is Nc1ccc(/N=N/c2c(S(=O)(=O)O)cc3cc(S(=O)(=O)O)c(/N=N/c4cc(S(=O)(=O)O)ccc4S(=O)(=O)O)c(O)c3c2O)c(S(=O)(=O)O)c1. The molecule has 0 saturated carbocycles. The maximum Gasteiger partial charge on any atom is 0.296 e. The lowest BCUT2D eigenvalue weighted by Gasteiger charge is -2.13. The van der Waals surface area contributed by atoms with Crippen LogP contribution < -0.4 is 5.73 Å². The Labute approximate surface area is 274 Å². The first-order chi connectivity index (χ1) is 22.2. The molecule has 0 spiro atoms. The number of anilines is 1. The van der Waals surface area contributed by atoms with Gasteiger partial charge < -0.3 is 15.9 Å². The van der Waals surface area contributed by atoms with E-state index in [4.69, 9.17) is 5.73 Å². The summed E-state index contributed by atoms with van der Waals surface area (Å²) < 4.78 is 167. The van der Waals surface area contributed by atoms with Gasteiger partial charge in [0.25, 0.3) is 50.6 Å². The van der Waals surface area contributed by atoms with Crippen molar-refractivity contribution in [1.82, 2.24) is 0 Å². The number of fused-ring (bicyclic) bond motifs is 1. The van der Waals surface area contributed by atoms with Crippen LogP contribution in [0.25, 0.3) is 10.8 Å². The van der Waals surface area contributed by atoms with E-state index < -0.39 is 120 Å². The van der Waals surface area contributed by atoms with Crippen LogP contribution >= 0.6 is 0 Å². The van der Waals surface area contributed by atoms with Crippen LogP contribution in [0.4, 0.5) is 28.4 Å². The molecule has 0 radical (unpaired) electrons. The first kappa shape index (κ1) is 37.1. The Morgan fingerprint density at radius 2 is 0.918 bits per heavy atom. The van der Waals surface area contributed by atoms with Gasteiger partial charge in [-0.1, -0.05) is 0 Å². The van der Waals surface area contributed by atoms with Crippen molar-refractivity contribution in [3.63, 3.8) is 0 Å². The highest BCUT2D eigenvalue weighted by Gasteiger charge is 2.29. The number of hydrogen-bond donors (Lipinski definition) is 8. The molecule has 0 aliphatic rings. The summed E-state index contributed by atoms with van der Waals surface area (Å²) in [5.41, 5.74) is 0.967. The fraction of sp³-hybridized carbons (Fsp3) is 0. The van der Waals surface area contributed by atoms with Crippen LogP contribution in [0.15, 0.2) is 93.5 Å². The van der Waals surface area contributed by atoms with Crippen molar-refractivity contribution in [1.29, 1.82) is 0 Å². The zero-order chi connectivity index (χ0) is 37.1. The van der Waals surface area contributed by atoms with Gasteiger partial charge in [-0.2, -0.15) is 42.1 Å². The number of nitrogen functional groups attached to an aromatic ring is 1. The minimum absolute atomic E-state index is 0.187. The highest BCUT2D eigenvalue weighted by Crippen LogP contribution is 2.50. The van der Waals surface area contributed by atoms with Gasteiger partial charge in [-0.05, 0) is 53.9 Å². The van der Waals surface area contributed by atoms with E-state index in [-0.39, 0.29) is 5.69 Å². The second-order valence-electron chi connectivity index (χ2n) is 9.37. The monoisotopic (exact) mass is 783 g/mol. The first-order valence-corrected chi connectivity index (χ1v) is 19.2. The number of nitrogens with zero attached hydrogens (tertiary/aromatic N) is 4. The summed E-state index contributed by atoms with van der Waals surface area (Å²) in [4.78, 5) is -5.85. The molecule has 9 N–H and O–H groups in total. The van der Waals surface area contributed by atoms with Gasteiger partial charge >= 0.3 is 0 Å². The number of phenolic OH excluding ortho intramolecular Hbond substituents is 2. The minimum Gasteiger partial charge on any atom is -0.505 e. The third-order valence-corrected chi connectivity index (χ3v) is 10.5. The molecular formula is C22H17N5O17S5. The second kappa shape index (κ2) is 12.3. The summed E-state index contributed by atoms with van der Waals surface area (Å²) in [5.74, 6) is -2.91. The molecule has 0 aromatic heterocycles. The van der Waals surface area contributed by atoms with E-state index in [1.165, 1.54) is 0 Å². The van der Waals surface area contributed by atoms with Crippen LogP contribution in [-0.4, -0.2) is 75.1 Å². The van der Waals surface area contributed by atoms with Crippen molar-refractivity contribution in [3.05, 3.63) is 48.5 Å². The number of hydrogen-bond acceptors (Lipinski definition) is 17. The van der Waals surface area contributed by atoms with Gasteiger partial charge in [0.05, 0.1) is 10.3 Å². The fourth-order valence-electron chi connectivity index (χ4n) is 4.03. The summed E-state index contributed by atoms with van der Waals surface area (Å²) in [6.07, 6.45) is 0. The van der Waals surface area contributed by atoms with Crippen molar-refractivity contribution in [2.45, 2.75) is 24.5 Å². The van der Waals surface area contributed by atoms with Gasteiger partial charge in [-0.15, -0.1) is 20.5 Å². The van der Waals surface area contributed by atoms with Gasteiger partial charge in [0.15, 0.2) is 11.5 Å². The van der Waals surface area contributed by atoms with Gasteiger partial charge in [0.1, 0.15) is 42.3 Å². The third kappa shape index (κ3) is 7.80. The molecule has 0 unspecified atom stereocenters. The minimum atomic E-state index is -5.51. The average molecular weight is 784 g/mol. The number of phenols is 2. The van der Waals surface area contributed by atoms with Crippen molar-refractivity contribution < 1.29 is 75.1 Å². The lowest BCUT2D eigenvalue weighted by Crippen LogP contribution is -2.02. The summed E-state index contributed by atoms with van der Waals surface area (Å²) in [7, 11) is -26.2. The molecule has 49 heavy (non-hydrogen) atoms. The Balaban J connectivity index is 2.10. The molecule has 0 amide bonds. The second-order valence-corrected chi connectivity index (χ2v) is 16.4. The highest BCUT2D eigenvalue weighted by molar-refractivity contribution is 7.87. The van der Waals surface area contributed by atoms with Crippen LogP contribution in [0.5, 0.6) is 11.5 Å². The van der Waals surface area contributed by atoms with Gasteiger partial charge in [-0.25, -0.2) is 0 Å². The largest absolute Gasteiger partial charge is 0.505 e. The number of aromatic hydroxyl groups is 2. The van der Waals surface area contributed by atoms with Gasteiger partial charge in [-0.3, -0.25) is 22.8 Å². The van der Waals surface area contributed by atoms with Crippen LogP contribution in [-0.2, 0) is 50.6 Å². The molecule has 22 nitrogen and oxygen atoms in total. The zero-order valence-corrected chi connectivity index (χ0v) is 27.3. The molecule has 262 valence electrons. The zero-order valence-electron chi connectivity index (χ0n) is 23.2. The lowest BCUT2D eigenvalue weighted by molar-refractivity contribution is 0.458. The van der Waals surface area contributed by atoms with Gasteiger partial charge in [0.2, 0.25) is 0 Å². The molecule has 4 rings (SSSR count). The van der Waals surface area contributed by atoms with E-state index >= 15 is 0 Å². The fourth-order valence-corrected chi connectivity index (χ4v) is 7.11. The summed E-state index contributed by atoms with van der Waals surface area (Å²) in [6.45, 7) is 0. The van der Waals surface area contributed by atoms with Crippen LogP contribution in [0.2, 0.25) is 0 Å². The molecule has 4 aromatic rings. The first-order valence-electron chi connectivity index (χ1n) is 12.0. The molecular weight excluding hydrogens is 767 g/mol. The Morgan fingerprint density at radius 1 is 0.469 bits per heavy atom. The third-order valence-electron chi connectivity index (χ3n) is 6.09. The number of nitrogens with two attached hydrogens (primary N) is 1. The molecule has 0 heterocycles. The van der Waals surface area contributed by atoms with Crippen LogP contribution in [0.3, 0.4) is 0 Å². The molecule has 0 bridgehead atoms. The maximum atomic E-state index is 12.3. The highest BCUT2D eigenvalue weighted by atomic mass is 32.2. The van der Waals surface area contributed by atoms with Crippen molar-refractivity contribution in [3.8, 4) is 11.5 Å². The Hall–Kier alpha value is -4.71. The molecule has 27 heteroatoms. The summed E-state index contributed by atoms with van der Waals surface area (Å²) in [5, 5.41) is 33.8. The number of azo groups is 2. The maximum absolute atomic E-state index is 12.3. The predicted molar refractivity (Wildman–Crippen MR) is 162 cm³/mol. The van der Waals surface area contributed by atoms with Crippen LogP contribution in [0.1, 0.15) is 0 Å². The molecule has 0 aliphatic heterocycles. The van der Waals surface area contributed by atoms with E-state index in [2.05, 4.69) is 20.5 Å².